The van der Waals surface area contributed by atoms with Crippen LogP contribution < -0.4 is 0 Å². The van der Waals surface area contributed by atoms with E-state index in [1.807, 2.05) is 0 Å². The van der Waals surface area contributed by atoms with Crippen molar-refractivity contribution in [3.63, 3.8) is 0 Å². The Bertz CT molecular complexity index is 827. The number of aldehydes is 1. The first-order chi connectivity index (χ1) is 13.9. The molecule has 10 heteroatoms. The number of hydrogen-bond acceptors (Lipinski definition) is 8. The molecule has 1 aromatic carbocycles. The maximum atomic E-state index is 13.7. The molecule has 29 heavy (non-hydrogen) atoms. The molecule has 0 spiro atoms. The van der Waals surface area contributed by atoms with Gasteiger partial charge < -0.3 is 14.3 Å². The van der Waals surface area contributed by atoms with Gasteiger partial charge in [-0.25, -0.2) is 4.39 Å². The van der Waals surface area contributed by atoms with E-state index in [9.17, 15) is 28.9 Å². The van der Waals surface area contributed by atoms with Gasteiger partial charge >= 0.3 is 11.9 Å². The summed E-state index contributed by atoms with van der Waals surface area (Å²) in [6.45, 7) is 1.99. The first-order valence-corrected chi connectivity index (χ1v) is 9.04. The summed E-state index contributed by atoms with van der Waals surface area (Å²) in [6, 6.07) is 3.99. The molecule has 0 saturated heterocycles. The zero-order chi connectivity index (χ0) is 21.6. The predicted octanol–water partition coefficient (Wildman–Crippen LogP) is 2.03. The van der Waals surface area contributed by atoms with Gasteiger partial charge in [0.15, 0.2) is 0 Å². The molecule has 156 valence electrons. The number of non-ortho nitro benzene ring substituents is 1. The monoisotopic (exact) mass is 408 g/mol. The maximum Gasteiger partial charge on any atom is 0.315 e. The standard InChI is InChI=1S/C19H21FN2O7/c1-3-28-18(24)16-13(9-20)21-14(10-23)17(19(25)29-4-2)15(16)11-6-5-7-12(8-11)22(26)27/h5-8,10,14-17H,3-4,9H2,1-2H3. The molecule has 0 bridgehead atoms. The molecular weight excluding hydrogens is 387 g/mol. The largest absolute Gasteiger partial charge is 0.466 e. The summed E-state index contributed by atoms with van der Waals surface area (Å²) in [4.78, 5) is 51.5. The molecule has 1 aliphatic rings. The first-order valence-electron chi connectivity index (χ1n) is 9.04. The third-order valence-electron chi connectivity index (χ3n) is 4.63. The van der Waals surface area contributed by atoms with Crippen LogP contribution in [0.2, 0.25) is 0 Å². The van der Waals surface area contributed by atoms with E-state index in [2.05, 4.69) is 4.99 Å². The third kappa shape index (κ3) is 4.64. The van der Waals surface area contributed by atoms with Gasteiger partial charge in [-0.05, 0) is 19.4 Å². The molecule has 0 amide bonds. The molecule has 0 aromatic heterocycles. The van der Waals surface area contributed by atoms with Crippen molar-refractivity contribution in [2.75, 3.05) is 19.9 Å². The SMILES string of the molecule is CCOC(=O)C1C(CF)=NC(C=O)C(C(=O)OCC)C1c1cccc([N+](=O)[O-])c1. The molecule has 1 aliphatic heterocycles. The molecule has 0 radical (unpaired) electrons. The molecular formula is C19H21FN2O7. The zero-order valence-electron chi connectivity index (χ0n) is 15.9. The molecule has 0 aliphatic carbocycles. The Morgan fingerprint density at radius 3 is 2.45 bits per heavy atom. The second-order valence-electron chi connectivity index (χ2n) is 6.27. The maximum absolute atomic E-state index is 13.7. The number of nitrogens with zero attached hydrogens (tertiary/aromatic N) is 2. The number of alkyl halides is 1. The van der Waals surface area contributed by atoms with Crippen molar-refractivity contribution in [3.8, 4) is 0 Å². The summed E-state index contributed by atoms with van der Waals surface area (Å²) in [5.41, 5.74) is -0.319. The van der Waals surface area contributed by atoms with Crippen LogP contribution in [0.25, 0.3) is 0 Å². The predicted molar refractivity (Wildman–Crippen MR) is 99.3 cm³/mol. The Hall–Kier alpha value is -3.17. The summed E-state index contributed by atoms with van der Waals surface area (Å²) < 4.78 is 23.8. The number of carbonyl (C=O) groups excluding carboxylic acids is 3. The molecule has 0 N–H and O–H groups in total. The van der Waals surface area contributed by atoms with E-state index in [0.29, 0.717) is 6.29 Å². The van der Waals surface area contributed by atoms with Crippen molar-refractivity contribution in [2.45, 2.75) is 25.8 Å². The molecule has 4 unspecified atom stereocenters. The lowest BCUT2D eigenvalue weighted by Crippen LogP contribution is -2.48. The van der Waals surface area contributed by atoms with E-state index < -0.39 is 47.3 Å². The Labute approximate surface area is 166 Å². The van der Waals surface area contributed by atoms with E-state index in [0.717, 1.165) is 0 Å². The highest BCUT2D eigenvalue weighted by molar-refractivity contribution is 6.06. The Balaban J connectivity index is 2.71. The second kappa shape index (κ2) is 9.85. The smallest absolute Gasteiger partial charge is 0.315 e. The van der Waals surface area contributed by atoms with Crippen LogP contribution in [-0.4, -0.2) is 54.8 Å². The van der Waals surface area contributed by atoms with Crippen molar-refractivity contribution in [2.24, 2.45) is 16.8 Å². The number of aliphatic imine (C=N–C) groups is 1. The van der Waals surface area contributed by atoms with Crippen molar-refractivity contribution in [1.82, 2.24) is 0 Å². The number of carbonyl (C=O) groups is 3. The minimum absolute atomic E-state index is 0.00224. The van der Waals surface area contributed by atoms with Gasteiger partial charge in [0.1, 0.15) is 24.9 Å². The fraction of sp³-hybridized carbons (Fsp3) is 0.474. The highest BCUT2D eigenvalue weighted by Crippen LogP contribution is 2.42. The van der Waals surface area contributed by atoms with Crippen molar-refractivity contribution in [3.05, 3.63) is 39.9 Å². The molecule has 9 nitrogen and oxygen atoms in total. The second-order valence-corrected chi connectivity index (χ2v) is 6.27. The summed E-state index contributed by atoms with van der Waals surface area (Å²) in [5, 5.41) is 11.2. The quantitative estimate of drug-likeness (QED) is 0.279. The summed E-state index contributed by atoms with van der Waals surface area (Å²) in [7, 11) is 0. The molecule has 0 saturated carbocycles. The van der Waals surface area contributed by atoms with Gasteiger partial charge in [-0.2, -0.15) is 0 Å². The lowest BCUT2D eigenvalue weighted by atomic mass is 9.70. The number of nitro groups is 1. The topological polar surface area (TPSA) is 125 Å². The van der Waals surface area contributed by atoms with Crippen LogP contribution in [0.1, 0.15) is 25.3 Å². The van der Waals surface area contributed by atoms with Crippen LogP contribution in [0.4, 0.5) is 10.1 Å². The average Bonchev–Trinajstić information content (AvgIpc) is 2.72. The van der Waals surface area contributed by atoms with E-state index >= 15 is 0 Å². The van der Waals surface area contributed by atoms with Crippen LogP contribution in [0, 0.1) is 22.0 Å². The lowest BCUT2D eigenvalue weighted by Gasteiger charge is -2.37. The van der Waals surface area contributed by atoms with Gasteiger partial charge in [-0.15, -0.1) is 0 Å². The number of nitro benzene ring substituents is 1. The number of benzene rings is 1. The third-order valence-corrected chi connectivity index (χ3v) is 4.63. The number of ether oxygens (including phenoxy) is 2. The highest BCUT2D eigenvalue weighted by Gasteiger charge is 2.50. The normalized spacial score (nSPS) is 23.6. The first kappa shape index (κ1) is 22.1. The molecule has 4 atom stereocenters. The van der Waals surface area contributed by atoms with Crippen LogP contribution in [-0.2, 0) is 23.9 Å². The fourth-order valence-electron chi connectivity index (χ4n) is 3.50. The number of esters is 2. The van der Waals surface area contributed by atoms with E-state index in [1.54, 1.807) is 13.8 Å². The van der Waals surface area contributed by atoms with Crippen LogP contribution in [0.5, 0.6) is 0 Å². The van der Waals surface area contributed by atoms with Gasteiger partial charge in [0.05, 0.1) is 29.8 Å². The van der Waals surface area contributed by atoms with Gasteiger partial charge in [0.2, 0.25) is 0 Å². The van der Waals surface area contributed by atoms with Crippen LogP contribution >= 0.6 is 0 Å². The van der Waals surface area contributed by atoms with E-state index in [4.69, 9.17) is 9.47 Å². The van der Waals surface area contributed by atoms with Gasteiger partial charge in [-0.1, -0.05) is 12.1 Å². The number of halogens is 1. The highest BCUT2D eigenvalue weighted by atomic mass is 19.1. The molecule has 0 fully saturated rings. The Kier molecular flexibility index (Phi) is 7.52. The molecule has 1 heterocycles. The minimum Gasteiger partial charge on any atom is -0.466 e. The Morgan fingerprint density at radius 2 is 1.90 bits per heavy atom. The van der Waals surface area contributed by atoms with Crippen LogP contribution in [0.3, 0.4) is 0 Å². The van der Waals surface area contributed by atoms with E-state index in [-0.39, 0.29) is 30.2 Å². The lowest BCUT2D eigenvalue weighted by molar-refractivity contribution is -0.384. The van der Waals surface area contributed by atoms with E-state index in [1.165, 1.54) is 24.3 Å². The van der Waals surface area contributed by atoms with Crippen molar-refractivity contribution >= 4 is 29.6 Å². The van der Waals surface area contributed by atoms with Gasteiger partial charge in [-0.3, -0.25) is 24.7 Å². The molecule has 1 aromatic rings. The van der Waals surface area contributed by atoms with Crippen molar-refractivity contribution < 1.29 is 33.2 Å². The Morgan fingerprint density at radius 1 is 1.24 bits per heavy atom. The number of rotatable bonds is 8. The summed E-state index contributed by atoms with van der Waals surface area (Å²) in [5.74, 6) is -5.35. The number of hydrogen-bond donors (Lipinski definition) is 0. The fourth-order valence-corrected chi connectivity index (χ4v) is 3.50. The van der Waals surface area contributed by atoms with Gasteiger partial charge in [0, 0.05) is 18.1 Å². The minimum atomic E-state index is -1.33. The molecule has 2 rings (SSSR count). The van der Waals surface area contributed by atoms with Gasteiger partial charge in [0.25, 0.3) is 5.69 Å². The van der Waals surface area contributed by atoms with Crippen LogP contribution in [0.15, 0.2) is 29.3 Å². The average molecular weight is 408 g/mol. The summed E-state index contributed by atoms with van der Waals surface area (Å²) >= 11 is 0. The zero-order valence-corrected chi connectivity index (χ0v) is 15.9. The summed E-state index contributed by atoms with van der Waals surface area (Å²) in [6.07, 6.45) is 0.378. The van der Waals surface area contributed by atoms with Crippen molar-refractivity contribution in [1.29, 1.82) is 0 Å².